The van der Waals surface area contributed by atoms with Crippen molar-refractivity contribution in [2.75, 3.05) is 20.2 Å². The Morgan fingerprint density at radius 2 is 1.97 bits per heavy atom. The quantitative estimate of drug-likeness (QED) is 0.345. The number of halogens is 2. The van der Waals surface area contributed by atoms with Gasteiger partial charge in [-0.15, -0.1) is 12.4 Å². The third-order valence-electron chi connectivity index (χ3n) is 5.81. The van der Waals surface area contributed by atoms with E-state index in [-0.39, 0.29) is 59.1 Å². The molecule has 9 nitrogen and oxygen atoms in total. The van der Waals surface area contributed by atoms with E-state index in [1.54, 1.807) is 0 Å². The van der Waals surface area contributed by atoms with Gasteiger partial charge in [0.1, 0.15) is 28.2 Å². The van der Waals surface area contributed by atoms with Gasteiger partial charge in [0.05, 0.1) is 11.5 Å². The van der Waals surface area contributed by atoms with Crippen LogP contribution in [0.5, 0.6) is 11.5 Å². The van der Waals surface area contributed by atoms with E-state index in [2.05, 4.69) is 15.9 Å². The molecular weight excluding hydrogens is 508 g/mol. The predicted octanol–water partition coefficient (Wildman–Crippen LogP) is 3.74. The average molecular weight is 528 g/mol. The molecule has 11 heteroatoms. The molecule has 0 unspecified atom stereocenters. The summed E-state index contributed by atoms with van der Waals surface area (Å²) in [6.07, 6.45) is 0.615. The van der Waals surface area contributed by atoms with Crippen LogP contribution in [0.2, 0.25) is 0 Å². The van der Waals surface area contributed by atoms with Crippen LogP contribution in [-0.2, 0) is 0 Å². The topological polar surface area (TPSA) is 137 Å². The van der Waals surface area contributed by atoms with E-state index in [1.165, 1.54) is 24.3 Å². The first-order chi connectivity index (χ1) is 14.7. The van der Waals surface area contributed by atoms with Gasteiger partial charge < -0.3 is 24.6 Å². The van der Waals surface area contributed by atoms with Crippen molar-refractivity contribution >= 4 is 45.0 Å². The van der Waals surface area contributed by atoms with Crippen LogP contribution in [0.25, 0.3) is 22.3 Å². The van der Waals surface area contributed by atoms with Crippen molar-refractivity contribution in [3.63, 3.8) is 0 Å². The number of non-ortho nitro benzene ring substituents is 1. The van der Waals surface area contributed by atoms with E-state index in [9.17, 15) is 30.2 Å². The highest BCUT2D eigenvalue weighted by molar-refractivity contribution is 9.10. The maximum atomic E-state index is 12.9. The van der Waals surface area contributed by atoms with Crippen molar-refractivity contribution in [1.29, 1.82) is 0 Å². The highest BCUT2D eigenvalue weighted by atomic mass is 79.9. The van der Waals surface area contributed by atoms with Crippen LogP contribution >= 0.6 is 28.3 Å². The van der Waals surface area contributed by atoms with Gasteiger partial charge in [0, 0.05) is 51.8 Å². The zero-order valence-electron chi connectivity index (χ0n) is 16.8. The molecule has 4 rings (SSSR count). The fourth-order valence-electron chi connectivity index (χ4n) is 4.24. The van der Waals surface area contributed by atoms with Gasteiger partial charge in [-0.2, -0.15) is 0 Å². The summed E-state index contributed by atoms with van der Waals surface area (Å²) in [7, 11) is 1.86. The number of aliphatic hydroxyl groups is 1. The molecule has 0 spiro atoms. The highest BCUT2D eigenvalue weighted by Crippen LogP contribution is 2.44. The number of fused-ring (bicyclic) bond motifs is 1. The smallest absolute Gasteiger partial charge is 0.270 e. The number of likely N-dealkylation sites (N-methyl/N-ethyl adjacent to an activating group) is 1. The van der Waals surface area contributed by atoms with Crippen LogP contribution in [-0.4, -0.2) is 51.4 Å². The minimum atomic E-state index is -0.537. The molecule has 1 fully saturated rings. The summed E-state index contributed by atoms with van der Waals surface area (Å²) in [5, 5.41) is 41.8. The lowest BCUT2D eigenvalue weighted by Gasteiger charge is -2.24. The minimum absolute atomic E-state index is 0. The molecule has 3 aromatic rings. The number of hydrogen-bond donors (Lipinski definition) is 3. The van der Waals surface area contributed by atoms with Crippen LogP contribution in [0.4, 0.5) is 5.69 Å². The van der Waals surface area contributed by atoms with E-state index in [4.69, 9.17) is 4.42 Å². The number of nitro benzene ring substituents is 1. The predicted molar refractivity (Wildman–Crippen MR) is 124 cm³/mol. The first kappa shape index (κ1) is 24.0. The van der Waals surface area contributed by atoms with Crippen molar-refractivity contribution in [2.24, 2.45) is 0 Å². The fraction of sp³-hybridized carbons (Fsp3) is 0.286. The van der Waals surface area contributed by atoms with Crippen molar-refractivity contribution in [3.05, 3.63) is 60.7 Å². The van der Waals surface area contributed by atoms with E-state index in [0.29, 0.717) is 28.6 Å². The Morgan fingerprint density at radius 1 is 1.25 bits per heavy atom. The molecule has 3 N–H and O–H groups in total. The zero-order valence-corrected chi connectivity index (χ0v) is 19.2. The van der Waals surface area contributed by atoms with Crippen LogP contribution in [0.15, 0.2) is 44.0 Å². The lowest BCUT2D eigenvalue weighted by atomic mass is 9.89. The number of hydrogen-bond acceptors (Lipinski definition) is 8. The van der Waals surface area contributed by atoms with Gasteiger partial charge in [-0.05, 0) is 42.0 Å². The van der Waals surface area contributed by atoms with Gasteiger partial charge in [-0.25, -0.2) is 0 Å². The number of benzene rings is 2. The van der Waals surface area contributed by atoms with Crippen molar-refractivity contribution in [3.8, 4) is 22.8 Å². The number of likely N-dealkylation sites (tertiary alicyclic amines) is 1. The van der Waals surface area contributed by atoms with E-state index < -0.39 is 16.1 Å². The molecule has 0 radical (unpaired) electrons. The molecule has 2 aromatic carbocycles. The summed E-state index contributed by atoms with van der Waals surface area (Å²) in [6, 6.07) is 6.06. The zero-order chi connectivity index (χ0) is 22.4. The molecule has 170 valence electrons. The van der Waals surface area contributed by atoms with Gasteiger partial charge in [-0.1, -0.05) is 0 Å². The molecule has 1 saturated heterocycles. The molecular formula is C21H20BrClN2O7. The molecule has 0 bridgehead atoms. The maximum absolute atomic E-state index is 12.9. The standard InChI is InChI=1S/C21H19BrN2O7.ClH/c1-23-5-4-12(14(23)9-25)19-15(26)7-16(27)20-17(28)8-18(31-21(19)20)11-3-2-10(24(29)30)6-13(11)22;/h2-3,6-8,12,14,25-27H,4-5,9H2,1H3;1H/t12-,14+;/m1./s1. The molecule has 0 amide bonds. The van der Waals surface area contributed by atoms with Crippen molar-refractivity contribution in [2.45, 2.75) is 18.4 Å². The van der Waals surface area contributed by atoms with E-state index in [0.717, 1.165) is 6.07 Å². The monoisotopic (exact) mass is 526 g/mol. The third kappa shape index (κ3) is 3.95. The molecule has 2 heterocycles. The summed E-state index contributed by atoms with van der Waals surface area (Å²) >= 11 is 3.28. The van der Waals surface area contributed by atoms with Gasteiger partial charge in [0.25, 0.3) is 5.69 Å². The first-order valence-electron chi connectivity index (χ1n) is 9.51. The van der Waals surface area contributed by atoms with Gasteiger partial charge >= 0.3 is 0 Å². The average Bonchev–Trinajstić information content (AvgIpc) is 3.07. The van der Waals surface area contributed by atoms with E-state index in [1.807, 2.05) is 11.9 Å². The second-order valence-corrected chi connectivity index (χ2v) is 8.41. The third-order valence-corrected chi connectivity index (χ3v) is 6.46. The van der Waals surface area contributed by atoms with Crippen molar-refractivity contribution in [1.82, 2.24) is 4.90 Å². The Morgan fingerprint density at radius 3 is 2.59 bits per heavy atom. The normalized spacial score (nSPS) is 18.6. The fourth-order valence-corrected chi connectivity index (χ4v) is 4.80. The second-order valence-electron chi connectivity index (χ2n) is 7.55. The van der Waals surface area contributed by atoms with Crippen LogP contribution in [0.3, 0.4) is 0 Å². The lowest BCUT2D eigenvalue weighted by molar-refractivity contribution is -0.384. The number of phenols is 2. The highest BCUT2D eigenvalue weighted by Gasteiger charge is 2.36. The van der Waals surface area contributed by atoms with Crippen molar-refractivity contribution < 1.29 is 24.7 Å². The molecule has 2 atom stereocenters. The number of aliphatic hydroxyl groups excluding tert-OH is 1. The summed E-state index contributed by atoms with van der Waals surface area (Å²) in [6.45, 7) is 0.524. The van der Waals surface area contributed by atoms with Gasteiger partial charge in [0.15, 0.2) is 5.43 Å². The summed E-state index contributed by atoms with van der Waals surface area (Å²) < 4.78 is 6.37. The Labute approximate surface area is 196 Å². The largest absolute Gasteiger partial charge is 0.507 e. The van der Waals surface area contributed by atoms with Gasteiger partial charge in [-0.3, -0.25) is 14.9 Å². The minimum Gasteiger partial charge on any atom is -0.507 e. The number of nitro groups is 1. The summed E-state index contributed by atoms with van der Waals surface area (Å²) in [5.74, 6) is -0.841. The van der Waals surface area contributed by atoms with Crippen LogP contribution in [0.1, 0.15) is 17.9 Å². The number of phenolic OH excluding ortho intramolecular Hbond substituents is 2. The molecule has 0 saturated carbocycles. The molecule has 1 aliphatic rings. The maximum Gasteiger partial charge on any atom is 0.270 e. The first-order valence-corrected chi connectivity index (χ1v) is 10.3. The SMILES string of the molecule is CN1CC[C@@H](c2c(O)cc(O)c3c(=O)cc(-c4ccc([N+](=O)[O-])cc4Br)oc23)[C@@H]1CO.Cl. The Balaban J connectivity index is 0.00000289. The van der Waals surface area contributed by atoms with E-state index >= 15 is 0 Å². The molecule has 32 heavy (non-hydrogen) atoms. The summed E-state index contributed by atoms with van der Waals surface area (Å²) in [4.78, 5) is 25.3. The Hall–Kier alpha value is -2.66. The molecule has 1 aliphatic heterocycles. The van der Waals surface area contributed by atoms with Gasteiger partial charge in [0.2, 0.25) is 0 Å². The number of rotatable bonds is 4. The Bertz CT molecular complexity index is 1260. The van der Waals surface area contributed by atoms with Crippen LogP contribution in [0, 0.1) is 10.1 Å². The number of aromatic hydroxyl groups is 2. The Kier molecular flexibility index (Phi) is 6.80. The summed E-state index contributed by atoms with van der Waals surface area (Å²) in [5.41, 5.74) is 0.125. The molecule has 1 aromatic heterocycles. The molecule has 0 aliphatic carbocycles. The van der Waals surface area contributed by atoms with Crippen LogP contribution < -0.4 is 5.43 Å². The number of nitrogens with zero attached hydrogens (tertiary/aromatic N) is 2. The lowest BCUT2D eigenvalue weighted by Crippen LogP contribution is -2.32. The second kappa shape index (κ2) is 9.07.